The lowest BCUT2D eigenvalue weighted by atomic mass is 9.91. The van der Waals surface area contributed by atoms with Gasteiger partial charge in [-0.25, -0.2) is 9.13 Å². The standard InChI is InChI=1S/2C21H40N3O.C4H4O4/c2*1-3-4-5-6-7-8-9-10-12-21(22)19(2)13-14-20(25)17-24-16-11-15-23-18-24;5-3(6)1-2-4(7)8/h2*11,15-16,18-21,25H,3-10,12-14,17,22H2,1-2H3;1-2H,(H,5,6)(H,7,8)/q2*+1;/p-2/b;;2-1+. The zero-order valence-electron chi connectivity index (χ0n) is 36.7. The normalized spacial score (nSPS) is 14.3. The van der Waals surface area contributed by atoms with Crippen LogP contribution in [0.1, 0.15) is 169 Å². The smallest absolute Gasteiger partial charge is 0.286 e. The maximum atomic E-state index is 10.2. The van der Waals surface area contributed by atoms with Crippen LogP contribution in [0.4, 0.5) is 0 Å². The number of unbranched alkanes of at least 4 members (excludes halogenated alkanes) is 14. The van der Waals surface area contributed by atoms with E-state index in [-0.39, 0.29) is 24.3 Å². The van der Waals surface area contributed by atoms with Crippen LogP contribution in [-0.2, 0) is 22.7 Å². The van der Waals surface area contributed by atoms with E-state index < -0.39 is 11.9 Å². The van der Waals surface area contributed by atoms with Gasteiger partial charge in [-0.3, -0.25) is 0 Å². The van der Waals surface area contributed by atoms with Gasteiger partial charge >= 0.3 is 0 Å². The molecule has 332 valence electrons. The Hall–Kier alpha value is -3.32. The van der Waals surface area contributed by atoms with Gasteiger partial charge in [-0.2, -0.15) is 0 Å². The summed E-state index contributed by atoms with van der Waals surface area (Å²) in [5, 5.41) is 39.2. The second-order valence-electron chi connectivity index (χ2n) is 16.1. The number of aliphatic carboxylic acids is 2. The van der Waals surface area contributed by atoms with Gasteiger partial charge in [-0.1, -0.05) is 140 Å². The third-order valence-electron chi connectivity index (χ3n) is 10.7. The SMILES string of the molecule is CCCCCCCCCCC(N)C(C)CCC(O)C[n+]1cccnc1.CCCCCCCCCCC(N)C(C)CCC(O)C[n+]1cccnc1.O=C([O-])/C=C/C(=O)[O-]. The number of hydrogen-bond acceptors (Lipinski definition) is 10. The fourth-order valence-corrected chi connectivity index (χ4v) is 6.68. The molecule has 0 aliphatic rings. The minimum Gasteiger partial charge on any atom is -0.545 e. The number of aromatic nitrogens is 4. The maximum absolute atomic E-state index is 10.2. The van der Waals surface area contributed by atoms with E-state index in [0.717, 1.165) is 38.5 Å². The predicted octanol–water partition coefficient (Wildman–Crippen LogP) is 5.05. The van der Waals surface area contributed by atoms with Gasteiger partial charge in [0.1, 0.15) is 25.5 Å². The van der Waals surface area contributed by atoms with E-state index in [9.17, 15) is 30.0 Å². The molecular weight excluding hydrogens is 733 g/mol. The summed E-state index contributed by atoms with van der Waals surface area (Å²) in [6.07, 6.45) is 38.3. The summed E-state index contributed by atoms with van der Waals surface area (Å²) < 4.78 is 3.85. The number of aliphatic hydroxyl groups is 2. The first-order chi connectivity index (χ1) is 27.9. The highest BCUT2D eigenvalue weighted by atomic mass is 16.4. The van der Waals surface area contributed by atoms with E-state index >= 15 is 0 Å². The van der Waals surface area contributed by atoms with Crippen LogP contribution in [0.25, 0.3) is 0 Å². The Morgan fingerprint density at radius 3 is 1.19 bits per heavy atom. The Balaban J connectivity index is 0.000000943. The molecule has 6 atom stereocenters. The monoisotopic (exact) mass is 815 g/mol. The van der Waals surface area contributed by atoms with Gasteiger partial charge in [-0.15, -0.1) is 0 Å². The summed E-state index contributed by atoms with van der Waals surface area (Å²) in [6.45, 7) is 10.2. The molecule has 0 amide bonds. The molecule has 0 spiro atoms. The summed E-state index contributed by atoms with van der Waals surface area (Å²) in [5.74, 6) is -2.15. The van der Waals surface area contributed by atoms with Gasteiger partial charge in [0.15, 0.2) is 0 Å². The van der Waals surface area contributed by atoms with Crippen LogP contribution in [-0.4, -0.2) is 56.4 Å². The zero-order valence-corrected chi connectivity index (χ0v) is 36.7. The molecule has 0 bridgehead atoms. The third kappa shape index (κ3) is 34.7. The van der Waals surface area contributed by atoms with Crippen molar-refractivity contribution >= 4 is 11.9 Å². The molecule has 2 aromatic heterocycles. The average molecular weight is 815 g/mol. The van der Waals surface area contributed by atoms with Gasteiger partial charge < -0.3 is 41.5 Å². The Morgan fingerprint density at radius 2 is 0.897 bits per heavy atom. The van der Waals surface area contributed by atoms with Crippen molar-refractivity contribution < 1.29 is 39.1 Å². The molecule has 0 aliphatic heterocycles. The van der Waals surface area contributed by atoms with Crippen molar-refractivity contribution in [2.75, 3.05) is 0 Å². The maximum Gasteiger partial charge on any atom is 0.286 e. The van der Waals surface area contributed by atoms with Crippen LogP contribution < -0.4 is 30.8 Å². The minimum atomic E-state index is -1.55. The van der Waals surface area contributed by atoms with Gasteiger partial charge in [0, 0.05) is 24.2 Å². The molecule has 6 N–H and O–H groups in total. The first kappa shape index (κ1) is 54.7. The fraction of sp³-hybridized carbons (Fsp3) is 0.739. The molecule has 0 saturated heterocycles. The molecule has 2 heterocycles. The highest BCUT2D eigenvalue weighted by Gasteiger charge is 2.17. The quantitative estimate of drug-likeness (QED) is 0.0439. The molecule has 0 aliphatic carbocycles. The van der Waals surface area contributed by atoms with E-state index in [4.69, 9.17) is 11.5 Å². The summed E-state index contributed by atoms with van der Waals surface area (Å²) in [5.41, 5.74) is 12.7. The molecule has 0 saturated carbocycles. The molecule has 0 aromatic carbocycles. The van der Waals surface area contributed by atoms with E-state index in [2.05, 4.69) is 37.7 Å². The Bertz CT molecular complexity index is 1160. The van der Waals surface area contributed by atoms with Crippen LogP contribution in [0, 0.1) is 11.8 Å². The number of rotatable bonds is 32. The molecule has 58 heavy (non-hydrogen) atoms. The average Bonchev–Trinajstić information content (AvgIpc) is 3.21. The Morgan fingerprint density at radius 1 is 0.569 bits per heavy atom. The van der Waals surface area contributed by atoms with Crippen molar-refractivity contribution in [3.8, 4) is 0 Å². The minimum absolute atomic E-state index is 0.262. The van der Waals surface area contributed by atoms with Crippen LogP contribution in [0.2, 0.25) is 0 Å². The Labute approximate surface area is 351 Å². The highest BCUT2D eigenvalue weighted by molar-refractivity contribution is 5.87. The van der Waals surface area contributed by atoms with Crippen molar-refractivity contribution in [1.29, 1.82) is 0 Å². The molecule has 0 fully saturated rings. The first-order valence-corrected chi connectivity index (χ1v) is 22.4. The van der Waals surface area contributed by atoms with Crippen molar-refractivity contribution in [3.63, 3.8) is 0 Å². The predicted molar refractivity (Wildman–Crippen MR) is 227 cm³/mol. The lowest BCUT2D eigenvalue weighted by molar-refractivity contribution is -0.706. The molecule has 12 heteroatoms. The molecule has 6 unspecified atom stereocenters. The summed E-state index contributed by atoms with van der Waals surface area (Å²) in [7, 11) is 0. The second-order valence-corrected chi connectivity index (χ2v) is 16.1. The van der Waals surface area contributed by atoms with Gasteiger partial charge in [0.25, 0.3) is 12.7 Å². The Kier molecular flexibility index (Phi) is 35.7. The lowest BCUT2D eigenvalue weighted by Gasteiger charge is -2.21. The van der Waals surface area contributed by atoms with Gasteiger partial charge in [-0.05, 0) is 62.5 Å². The van der Waals surface area contributed by atoms with Gasteiger partial charge in [0.2, 0.25) is 0 Å². The number of carboxylic acid groups (broad SMARTS) is 2. The van der Waals surface area contributed by atoms with E-state index in [0.29, 0.717) is 37.1 Å². The van der Waals surface area contributed by atoms with Crippen LogP contribution >= 0.6 is 0 Å². The van der Waals surface area contributed by atoms with Crippen molar-refractivity contribution in [2.24, 2.45) is 23.3 Å². The molecular formula is C46H82N6O6. The molecule has 2 aromatic rings. The van der Waals surface area contributed by atoms with Crippen LogP contribution in [0.5, 0.6) is 0 Å². The number of carboxylic acids is 2. The number of nitrogens with zero attached hydrogens (tertiary/aromatic N) is 4. The number of carbonyl (C=O) groups excluding carboxylic acids is 2. The van der Waals surface area contributed by atoms with E-state index in [1.165, 1.54) is 103 Å². The number of nitrogens with two attached hydrogens (primary N) is 2. The summed E-state index contributed by atoms with van der Waals surface area (Å²) in [6, 6.07) is 4.29. The third-order valence-corrected chi connectivity index (χ3v) is 10.7. The van der Waals surface area contributed by atoms with Crippen LogP contribution in [0.3, 0.4) is 0 Å². The summed E-state index contributed by atoms with van der Waals surface area (Å²) in [4.78, 5) is 27.0. The van der Waals surface area contributed by atoms with Crippen LogP contribution in [0.15, 0.2) is 61.7 Å². The van der Waals surface area contributed by atoms with Crippen molar-refractivity contribution in [1.82, 2.24) is 9.97 Å². The summed E-state index contributed by atoms with van der Waals surface area (Å²) >= 11 is 0. The lowest BCUT2D eigenvalue weighted by Crippen LogP contribution is -2.40. The van der Waals surface area contributed by atoms with E-state index in [1.807, 2.05) is 33.7 Å². The van der Waals surface area contributed by atoms with Gasteiger partial charge in [0.05, 0.1) is 36.5 Å². The van der Waals surface area contributed by atoms with E-state index in [1.54, 1.807) is 25.0 Å². The fourth-order valence-electron chi connectivity index (χ4n) is 6.68. The number of hydrogen-bond donors (Lipinski definition) is 4. The second kappa shape index (κ2) is 37.9. The first-order valence-electron chi connectivity index (χ1n) is 22.4. The molecule has 12 nitrogen and oxygen atoms in total. The molecule has 2 rings (SSSR count). The molecule has 0 radical (unpaired) electrons. The highest BCUT2D eigenvalue weighted by Crippen LogP contribution is 2.19. The van der Waals surface area contributed by atoms with Crippen molar-refractivity contribution in [3.05, 3.63) is 61.7 Å². The number of carbonyl (C=O) groups is 2. The van der Waals surface area contributed by atoms with Crippen molar-refractivity contribution in [2.45, 2.75) is 206 Å². The topological polar surface area (TPSA) is 206 Å². The number of aliphatic hydroxyl groups excluding tert-OH is 2. The zero-order chi connectivity index (χ0) is 43.2. The largest absolute Gasteiger partial charge is 0.545 e.